The third-order valence-corrected chi connectivity index (χ3v) is 12.9. The second kappa shape index (κ2) is 20.7. The van der Waals surface area contributed by atoms with Crippen LogP contribution < -0.4 is 4.74 Å². The topological polar surface area (TPSA) is 183 Å². The van der Waals surface area contributed by atoms with Crippen molar-refractivity contribution in [3.8, 4) is 5.75 Å². The minimum absolute atomic E-state index is 0.0159. The van der Waals surface area contributed by atoms with Gasteiger partial charge >= 0.3 is 31.6 Å². The number of rotatable bonds is 22. The van der Waals surface area contributed by atoms with Gasteiger partial charge in [-0.25, -0.2) is 4.79 Å². The highest BCUT2D eigenvalue weighted by Gasteiger charge is 2.75. The van der Waals surface area contributed by atoms with Gasteiger partial charge in [-0.05, 0) is 90.8 Å². The van der Waals surface area contributed by atoms with Crippen molar-refractivity contribution in [2.75, 3.05) is 71.9 Å². The van der Waals surface area contributed by atoms with Crippen molar-refractivity contribution in [2.45, 2.75) is 97.4 Å². The van der Waals surface area contributed by atoms with Gasteiger partial charge in [0.2, 0.25) is 5.91 Å². The summed E-state index contributed by atoms with van der Waals surface area (Å²) in [6, 6.07) is 6.46. The molecule has 3 aliphatic rings. The molecular formula is C40H60ClN2O14P. The Kier molecular flexibility index (Phi) is 16.9. The lowest BCUT2D eigenvalue weighted by atomic mass is 9.52. The maximum atomic E-state index is 14.8. The van der Waals surface area contributed by atoms with Crippen molar-refractivity contribution >= 4 is 49.1 Å². The Morgan fingerprint density at radius 3 is 2.16 bits per heavy atom. The lowest BCUT2D eigenvalue weighted by Gasteiger charge is -2.62. The van der Waals surface area contributed by atoms with Crippen LogP contribution in [-0.2, 0) is 63.1 Å². The van der Waals surface area contributed by atoms with Crippen molar-refractivity contribution < 1.29 is 66.0 Å². The first kappa shape index (κ1) is 47.3. The maximum Gasteiger partial charge on any atom is 0.410 e. The summed E-state index contributed by atoms with van der Waals surface area (Å²) in [7, 11) is -2.29. The fourth-order valence-electron chi connectivity index (χ4n) is 8.76. The van der Waals surface area contributed by atoms with Crippen LogP contribution in [-0.4, -0.2) is 129 Å². The number of hydrogen-bond donors (Lipinski definition) is 0. The van der Waals surface area contributed by atoms with Crippen LogP contribution in [0.25, 0.3) is 0 Å². The molecule has 18 heteroatoms. The van der Waals surface area contributed by atoms with Crippen molar-refractivity contribution in [1.82, 2.24) is 9.80 Å². The Morgan fingerprint density at radius 2 is 1.57 bits per heavy atom. The van der Waals surface area contributed by atoms with Gasteiger partial charge in [0.1, 0.15) is 36.6 Å². The minimum atomic E-state index is -3.89. The molecule has 5 atom stereocenters. The largest absolute Gasteiger partial charge is 0.497 e. The Balaban J connectivity index is 1.75. The van der Waals surface area contributed by atoms with E-state index in [9.17, 15) is 28.5 Å². The summed E-state index contributed by atoms with van der Waals surface area (Å²) in [6.45, 7) is 10.3. The number of carbonyl (C=O) groups excluding carboxylic acids is 5. The van der Waals surface area contributed by atoms with Gasteiger partial charge < -0.3 is 47.3 Å². The number of halogens is 1. The van der Waals surface area contributed by atoms with E-state index < -0.39 is 91.3 Å². The molecule has 0 unspecified atom stereocenters. The highest BCUT2D eigenvalue weighted by molar-refractivity contribution is 7.54. The van der Waals surface area contributed by atoms with Gasteiger partial charge in [0.05, 0.1) is 57.0 Å². The fourth-order valence-corrected chi connectivity index (χ4v) is 10.3. The number of piperidine rings is 1. The summed E-state index contributed by atoms with van der Waals surface area (Å²) in [5.74, 6) is -3.43. The Labute approximate surface area is 346 Å². The summed E-state index contributed by atoms with van der Waals surface area (Å²) in [4.78, 5) is 72.3. The van der Waals surface area contributed by atoms with E-state index in [1.54, 1.807) is 53.6 Å². The smallest absolute Gasteiger partial charge is 0.410 e. The molecule has 0 aromatic heterocycles. The van der Waals surface area contributed by atoms with Crippen LogP contribution in [0.2, 0.25) is 0 Å². The minimum Gasteiger partial charge on any atom is -0.497 e. The highest BCUT2D eigenvalue weighted by atomic mass is 35.5. The monoisotopic (exact) mass is 858 g/mol. The van der Waals surface area contributed by atoms with E-state index >= 15 is 0 Å². The average Bonchev–Trinajstić information content (AvgIpc) is 3.32. The molecule has 3 fully saturated rings. The molecule has 1 aromatic rings. The molecule has 4 rings (SSSR count). The quantitative estimate of drug-likeness (QED) is 0.0452. The van der Waals surface area contributed by atoms with Crippen LogP contribution in [0.5, 0.6) is 5.75 Å². The molecule has 2 heterocycles. The molecule has 0 spiro atoms. The van der Waals surface area contributed by atoms with Crippen LogP contribution in [0.3, 0.4) is 0 Å². The standard InChI is InChI=1S/C40H60ClN2O14P/c1-8-52-32(44)22-40-31-17-19-42(37(48)57-38(4,5)6)36(40)39(26-53-33(45)23-41,27-54-34(46)25-58(49,55-9-2)56-10-3)21-30(31)35(47)43(40)18-11-12-20-51-24-28-13-15-29(50-7)16-14-28/h13-16,30-31,36H,8-12,17-27H2,1-7H3/t30-,31-,36+,39-,40+/m1/s1. The Hall–Kier alpha value is -3.43. The number of esters is 3. The summed E-state index contributed by atoms with van der Waals surface area (Å²) in [5, 5.41) is 0. The summed E-state index contributed by atoms with van der Waals surface area (Å²) in [6.07, 6.45) is -0.292. The number of amides is 2. The lowest BCUT2D eigenvalue weighted by molar-refractivity contribution is -0.187. The van der Waals surface area contributed by atoms with Gasteiger partial charge in [-0.15, -0.1) is 11.6 Å². The van der Waals surface area contributed by atoms with Crippen LogP contribution in [0.1, 0.15) is 79.2 Å². The number of benzene rings is 1. The Morgan fingerprint density at radius 1 is 0.914 bits per heavy atom. The normalized spacial score (nSPS) is 24.0. The number of methoxy groups -OCH3 is 1. The molecule has 2 aliphatic heterocycles. The number of ether oxygens (including phenoxy) is 6. The number of likely N-dealkylation sites (tertiary alicyclic amines) is 2. The molecule has 58 heavy (non-hydrogen) atoms. The van der Waals surface area contributed by atoms with Crippen molar-refractivity contribution in [1.29, 1.82) is 0 Å². The molecule has 326 valence electrons. The van der Waals surface area contributed by atoms with Gasteiger partial charge in [-0.1, -0.05) is 12.1 Å². The van der Waals surface area contributed by atoms with E-state index in [2.05, 4.69) is 0 Å². The van der Waals surface area contributed by atoms with Crippen molar-refractivity contribution in [2.24, 2.45) is 17.3 Å². The number of carbonyl (C=O) groups is 5. The zero-order valence-electron chi connectivity index (χ0n) is 34.8. The second-order valence-electron chi connectivity index (χ2n) is 15.8. The number of unbranched alkanes of at least 4 members (excludes halogenated alkanes) is 1. The summed E-state index contributed by atoms with van der Waals surface area (Å²) < 4.78 is 58.2. The number of alkyl halides is 1. The first-order chi connectivity index (χ1) is 27.5. The molecular weight excluding hydrogens is 799 g/mol. The van der Waals surface area contributed by atoms with Gasteiger partial charge in [0, 0.05) is 25.6 Å². The van der Waals surface area contributed by atoms with Crippen LogP contribution in [0.4, 0.5) is 4.79 Å². The van der Waals surface area contributed by atoms with Crippen molar-refractivity contribution in [3.63, 3.8) is 0 Å². The molecule has 1 aliphatic carbocycles. The van der Waals surface area contributed by atoms with Gasteiger partial charge in [-0.3, -0.25) is 23.7 Å². The average molecular weight is 859 g/mol. The third kappa shape index (κ3) is 11.2. The first-order valence-electron chi connectivity index (χ1n) is 19.9. The predicted octanol–water partition coefficient (Wildman–Crippen LogP) is 5.75. The SMILES string of the molecule is CCOC(=O)C[C@]12[C@@H]3CCN(C(=O)OC(C)(C)C)[C@H]1[C@](COC(=O)CCl)(COC(=O)CP(=O)(OCC)OCC)C[C@H]3C(=O)N2CCCCOCc1ccc(OC)cc1. The highest BCUT2D eigenvalue weighted by Crippen LogP contribution is 2.62. The third-order valence-electron chi connectivity index (χ3n) is 10.7. The van der Waals surface area contributed by atoms with Crippen LogP contribution in [0.15, 0.2) is 24.3 Å². The van der Waals surface area contributed by atoms with E-state index in [0.29, 0.717) is 32.5 Å². The van der Waals surface area contributed by atoms with Crippen molar-refractivity contribution in [3.05, 3.63) is 29.8 Å². The molecule has 4 bridgehead atoms. The van der Waals surface area contributed by atoms with Gasteiger partial charge in [0.15, 0.2) is 0 Å². The molecule has 1 aromatic carbocycles. The van der Waals surface area contributed by atoms with E-state index in [-0.39, 0.29) is 51.7 Å². The van der Waals surface area contributed by atoms with Crippen LogP contribution >= 0.6 is 19.2 Å². The molecule has 2 amide bonds. The molecule has 16 nitrogen and oxygen atoms in total. The van der Waals surface area contributed by atoms with E-state index in [1.165, 1.54) is 4.90 Å². The Bertz CT molecular complexity index is 1630. The zero-order valence-corrected chi connectivity index (χ0v) is 36.4. The summed E-state index contributed by atoms with van der Waals surface area (Å²) in [5.41, 5.74) is -2.83. The van der Waals surface area contributed by atoms with Crippen LogP contribution in [0, 0.1) is 17.3 Å². The van der Waals surface area contributed by atoms with E-state index in [4.69, 9.17) is 49.1 Å². The van der Waals surface area contributed by atoms with Gasteiger partial charge in [-0.2, -0.15) is 0 Å². The first-order valence-corrected chi connectivity index (χ1v) is 22.2. The number of hydrogen-bond acceptors (Lipinski definition) is 14. The maximum absolute atomic E-state index is 14.8. The molecule has 0 radical (unpaired) electrons. The lowest BCUT2D eigenvalue weighted by Crippen LogP contribution is -2.76. The molecule has 2 saturated heterocycles. The summed E-state index contributed by atoms with van der Waals surface area (Å²) >= 11 is 5.88. The predicted molar refractivity (Wildman–Crippen MR) is 211 cm³/mol. The van der Waals surface area contributed by atoms with E-state index in [0.717, 1.165) is 11.3 Å². The zero-order chi connectivity index (χ0) is 42.7. The second-order valence-corrected chi connectivity index (χ2v) is 18.1. The van der Waals surface area contributed by atoms with Gasteiger partial charge in [0.25, 0.3) is 0 Å². The molecule has 1 saturated carbocycles. The molecule has 0 N–H and O–H groups in total. The van der Waals surface area contributed by atoms with E-state index in [1.807, 2.05) is 24.3 Å². The number of nitrogens with zero attached hydrogens (tertiary/aromatic N) is 2. The fraction of sp³-hybridized carbons (Fsp3) is 0.725.